The minimum Gasteiger partial charge on any atom is -0.328 e. The van der Waals surface area contributed by atoms with Crippen LogP contribution in [-0.4, -0.2) is 30.1 Å². The summed E-state index contributed by atoms with van der Waals surface area (Å²) in [6.45, 7) is 16.1. The number of hydrogen-bond donors (Lipinski definition) is 1. The lowest BCUT2D eigenvalue weighted by Crippen LogP contribution is -2.37. The number of rotatable bonds is 9. The highest BCUT2D eigenvalue weighted by atomic mass is 15.1. The molecule has 0 rings (SSSR count). The Morgan fingerprint density at radius 2 is 1.47 bits per heavy atom. The van der Waals surface area contributed by atoms with Crippen LogP contribution in [0.1, 0.15) is 60.8 Å². The lowest BCUT2D eigenvalue weighted by Gasteiger charge is -2.31. The average Bonchev–Trinajstić information content (AvgIpc) is 2.15. The highest BCUT2D eigenvalue weighted by Gasteiger charge is 2.14. The maximum absolute atomic E-state index is 5.78. The first kappa shape index (κ1) is 16.9. The molecule has 0 saturated carbocycles. The molecule has 2 nitrogen and oxygen atoms in total. The molecule has 104 valence electrons. The van der Waals surface area contributed by atoms with E-state index < -0.39 is 0 Å². The van der Waals surface area contributed by atoms with Crippen LogP contribution in [0.5, 0.6) is 0 Å². The fourth-order valence-corrected chi connectivity index (χ4v) is 2.25. The summed E-state index contributed by atoms with van der Waals surface area (Å²) in [5, 5.41) is 0. The summed E-state index contributed by atoms with van der Waals surface area (Å²) in [6, 6.07) is 1.02. The molecule has 2 atom stereocenters. The molecule has 0 bridgehead atoms. The molecule has 2 unspecified atom stereocenters. The normalized spacial score (nSPS) is 15.9. The Morgan fingerprint density at radius 3 is 1.88 bits per heavy atom. The molecule has 0 aliphatic rings. The van der Waals surface area contributed by atoms with Gasteiger partial charge in [0.25, 0.3) is 0 Å². The highest BCUT2D eigenvalue weighted by molar-refractivity contribution is 4.69. The van der Waals surface area contributed by atoms with E-state index in [9.17, 15) is 0 Å². The predicted molar refractivity (Wildman–Crippen MR) is 78.2 cm³/mol. The Morgan fingerprint density at radius 1 is 0.882 bits per heavy atom. The van der Waals surface area contributed by atoms with E-state index >= 15 is 0 Å². The molecule has 0 amide bonds. The van der Waals surface area contributed by atoms with E-state index in [1.807, 2.05) is 0 Å². The molecule has 0 aliphatic carbocycles. The van der Waals surface area contributed by atoms with Gasteiger partial charge in [-0.3, -0.25) is 0 Å². The molecule has 2 N–H and O–H groups in total. The maximum Gasteiger partial charge on any atom is 0.00388 e. The Labute approximate surface area is 109 Å². The molecule has 0 aromatic heterocycles. The lowest BCUT2D eigenvalue weighted by molar-refractivity contribution is 0.167. The van der Waals surface area contributed by atoms with Crippen molar-refractivity contribution < 1.29 is 0 Å². The molecule has 2 heteroatoms. The summed E-state index contributed by atoms with van der Waals surface area (Å²) in [5.41, 5.74) is 5.78. The van der Waals surface area contributed by atoms with E-state index in [4.69, 9.17) is 5.73 Å². The van der Waals surface area contributed by atoms with Crippen molar-refractivity contribution in [2.45, 2.75) is 72.9 Å². The molecule has 0 saturated heterocycles. The maximum atomic E-state index is 5.78. The second kappa shape index (κ2) is 8.93. The first-order chi connectivity index (χ1) is 7.82. The van der Waals surface area contributed by atoms with Crippen molar-refractivity contribution in [2.24, 2.45) is 17.6 Å². The lowest BCUT2D eigenvalue weighted by atomic mass is 10.0. The quantitative estimate of drug-likeness (QED) is 0.670. The summed E-state index contributed by atoms with van der Waals surface area (Å²) >= 11 is 0. The van der Waals surface area contributed by atoms with Crippen molar-refractivity contribution in [3.63, 3.8) is 0 Å². The zero-order valence-electron chi connectivity index (χ0n) is 12.9. The van der Waals surface area contributed by atoms with Crippen LogP contribution < -0.4 is 5.73 Å². The van der Waals surface area contributed by atoms with Gasteiger partial charge in [0.1, 0.15) is 0 Å². The second-order valence-corrected chi connectivity index (χ2v) is 6.45. The molecular formula is C15H34N2. The number of nitrogens with zero attached hydrogens (tertiary/aromatic N) is 1. The fourth-order valence-electron chi connectivity index (χ4n) is 2.25. The van der Waals surface area contributed by atoms with Gasteiger partial charge in [-0.25, -0.2) is 0 Å². The minimum absolute atomic E-state index is 0.360. The Kier molecular flexibility index (Phi) is 8.89. The Balaban J connectivity index is 3.91. The predicted octanol–water partition coefficient (Wildman–Crippen LogP) is 3.51. The van der Waals surface area contributed by atoms with Gasteiger partial charge in [-0.2, -0.15) is 0 Å². The fraction of sp³-hybridized carbons (Fsp3) is 1.00. The largest absolute Gasteiger partial charge is 0.328 e. The van der Waals surface area contributed by atoms with Crippen LogP contribution in [0.2, 0.25) is 0 Å². The molecule has 0 aromatic rings. The van der Waals surface area contributed by atoms with Crippen LogP contribution >= 0.6 is 0 Å². The van der Waals surface area contributed by atoms with E-state index in [2.05, 4.69) is 46.4 Å². The molecule has 0 aliphatic heterocycles. The molecule has 0 heterocycles. The first-order valence-corrected chi connectivity index (χ1v) is 7.32. The Bertz CT molecular complexity index is 176. The van der Waals surface area contributed by atoms with Gasteiger partial charge in [0, 0.05) is 25.2 Å². The highest BCUT2D eigenvalue weighted by Crippen LogP contribution is 2.14. The third-order valence-corrected chi connectivity index (χ3v) is 3.23. The van der Waals surface area contributed by atoms with Gasteiger partial charge in [0.2, 0.25) is 0 Å². The van der Waals surface area contributed by atoms with Crippen molar-refractivity contribution in [1.82, 2.24) is 4.90 Å². The van der Waals surface area contributed by atoms with Crippen molar-refractivity contribution in [2.75, 3.05) is 13.1 Å². The van der Waals surface area contributed by atoms with Gasteiger partial charge < -0.3 is 10.6 Å². The minimum atomic E-state index is 0.360. The SMILES string of the molecule is CC(C)CN(CC(C)CCCC(C)N)C(C)C. The summed E-state index contributed by atoms with van der Waals surface area (Å²) < 4.78 is 0. The zero-order valence-corrected chi connectivity index (χ0v) is 12.9. The Hall–Kier alpha value is -0.0800. The second-order valence-electron chi connectivity index (χ2n) is 6.45. The van der Waals surface area contributed by atoms with Crippen LogP contribution in [0.15, 0.2) is 0 Å². The van der Waals surface area contributed by atoms with E-state index in [1.165, 1.54) is 25.9 Å². The number of nitrogens with two attached hydrogens (primary N) is 1. The molecule has 0 spiro atoms. The van der Waals surface area contributed by atoms with Gasteiger partial charge >= 0.3 is 0 Å². The van der Waals surface area contributed by atoms with Crippen LogP contribution in [0.4, 0.5) is 0 Å². The van der Waals surface area contributed by atoms with E-state index in [0.29, 0.717) is 12.1 Å². The summed E-state index contributed by atoms with van der Waals surface area (Å²) in [4.78, 5) is 2.61. The topological polar surface area (TPSA) is 29.3 Å². The van der Waals surface area contributed by atoms with Crippen molar-refractivity contribution in [1.29, 1.82) is 0 Å². The van der Waals surface area contributed by atoms with Crippen LogP contribution in [0.25, 0.3) is 0 Å². The standard InChI is InChI=1S/C15H34N2/c1-12(2)10-17(13(3)4)11-14(5)8-7-9-15(6)16/h12-15H,7-11,16H2,1-6H3. The first-order valence-electron chi connectivity index (χ1n) is 7.32. The monoisotopic (exact) mass is 242 g/mol. The van der Waals surface area contributed by atoms with Crippen LogP contribution in [0.3, 0.4) is 0 Å². The third kappa shape index (κ3) is 9.61. The van der Waals surface area contributed by atoms with Gasteiger partial charge in [-0.05, 0) is 45.4 Å². The summed E-state index contributed by atoms with van der Waals surface area (Å²) in [5.74, 6) is 1.54. The summed E-state index contributed by atoms with van der Waals surface area (Å²) in [7, 11) is 0. The average molecular weight is 242 g/mol. The molecule has 17 heavy (non-hydrogen) atoms. The van der Waals surface area contributed by atoms with Crippen molar-refractivity contribution >= 4 is 0 Å². The number of hydrogen-bond acceptors (Lipinski definition) is 2. The van der Waals surface area contributed by atoms with Gasteiger partial charge in [0.05, 0.1) is 0 Å². The van der Waals surface area contributed by atoms with Crippen molar-refractivity contribution in [3.8, 4) is 0 Å². The molecule has 0 aromatic carbocycles. The van der Waals surface area contributed by atoms with Crippen LogP contribution in [-0.2, 0) is 0 Å². The summed E-state index contributed by atoms with van der Waals surface area (Å²) in [6.07, 6.45) is 3.74. The van der Waals surface area contributed by atoms with Gasteiger partial charge in [0.15, 0.2) is 0 Å². The van der Waals surface area contributed by atoms with E-state index in [0.717, 1.165) is 18.3 Å². The van der Waals surface area contributed by atoms with E-state index in [1.54, 1.807) is 0 Å². The van der Waals surface area contributed by atoms with Gasteiger partial charge in [-0.15, -0.1) is 0 Å². The van der Waals surface area contributed by atoms with Crippen LogP contribution in [0, 0.1) is 11.8 Å². The molecule has 0 radical (unpaired) electrons. The smallest absolute Gasteiger partial charge is 0.00388 e. The third-order valence-electron chi connectivity index (χ3n) is 3.23. The van der Waals surface area contributed by atoms with E-state index in [-0.39, 0.29) is 0 Å². The zero-order chi connectivity index (χ0) is 13.4. The van der Waals surface area contributed by atoms with Crippen molar-refractivity contribution in [3.05, 3.63) is 0 Å². The van der Waals surface area contributed by atoms with Gasteiger partial charge in [-0.1, -0.05) is 27.2 Å². The molecule has 0 fully saturated rings. The molecular weight excluding hydrogens is 208 g/mol.